The van der Waals surface area contributed by atoms with Gasteiger partial charge in [-0.2, -0.15) is 0 Å². The third kappa shape index (κ3) is 5.56. The lowest BCUT2D eigenvalue weighted by Crippen LogP contribution is -2.26. The molecule has 0 heterocycles. The normalized spacial score (nSPS) is 12.6. The Morgan fingerprint density at radius 1 is 0.226 bits per heavy atom. The molecule has 0 saturated heterocycles. The molecule has 0 amide bonds. The molecule has 0 fully saturated rings. The quantitative estimate of drug-likeness (QED) is 0.155. The topological polar surface area (TPSA) is 3.24 Å². The van der Waals surface area contributed by atoms with Crippen LogP contribution >= 0.6 is 0 Å². The molecule has 0 aliphatic heterocycles. The maximum Gasteiger partial charge on any atom is 0.0731 e. The zero-order valence-electron chi connectivity index (χ0n) is 34.1. The first-order valence-electron chi connectivity index (χ1n) is 21.5. The minimum absolute atomic E-state index is 0.427. The molecule has 0 atom stereocenters. The van der Waals surface area contributed by atoms with Gasteiger partial charge in [-0.05, 0) is 131 Å². The zero-order chi connectivity index (χ0) is 41.0. The van der Waals surface area contributed by atoms with E-state index in [1.54, 1.807) is 0 Å². The largest absolute Gasteiger partial charge is 0.311 e. The van der Waals surface area contributed by atoms with Gasteiger partial charge in [0.2, 0.25) is 0 Å². The predicted octanol–water partition coefficient (Wildman–Crippen LogP) is 16.2. The number of nitrogens with zero attached hydrogens (tertiary/aromatic N) is 1. The average molecular weight is 788 g/mol. The SMILES string of the molecule is c1ccc(-c2ccc(N(c3ccccc3)c3ccc(-c4ccc(-c5cccc6c5C5(c7ccccc7-c7ccccc75)c5ccccc5-6)cc4-c4ccccc4)cc3)cc2)cc1. The lowest BCUT2D eigenvalue weighted by molar-refractivity contribution is 0.796. The molecule has 10 aromatic rings. The molecular weight excluding hydrogens is 747 g/mol. The Morgan fingerprint density at radius 3 is 1.19 bits per heavy atom. The Labute approximate surface area is 363 Å². The third-order valence-electron chi connectivity index (χ3n) is 13.1. The molecule has 1 heteroatoms. The van der Waals surface area contributed by atoms with Gasteiger partial charge in [0, 0.05) is 17.1 Å². The van der Waals surface area contributed by atoms with Crippen LogP contribution in [0.5, 0.6) is 0 Å². The Hall–Kier alpha value is -8.00. The van der Waals surface area contributed by atoms with Gasteiger partial charge >= 0.3 is 0 Å². The summed E-state index contributed by atoms with van der Waals surface area (Å²) in [4.78, 5) is 2.34. The van der Waals surface area contributed by atoms with E-state index in [0.29, 0.717) is 0 Å². The van der Waals surface area contributed by atoms with Gasteiger partial charge in [-0.15, -0.1) is 0 Å². The van der Waals surface area contributed by atoms with Crippen LogP contribution in [0.15, 0.2) is 249 Å². The molecule has 12 rings (SSSR count). The second-order valence-corrected chi connectivity index (χ2v) is 16.4. The van der Waals surface area contributed by atoms with Crippen LogP contribution in [0.1, 0.15) is 22.3 Å². The standard InChI is InChI=1S/C61H41N/c1-4-17-42(18-5-1)43-31-36-48(37-32-43)62(47-21-8-3-9-22-47)49-38-33-45(34-39-49)50-40-35-46(41-56(50)44-19-6-2-7-20-44)51-26-16-27-55-54-25-12-15-30-59(54)61(60(51)55)57-28-13-10-23-52(57)53-24-11-14-29-58(53)61/h1-41H. The summed E-state index contributed by atoms with van der Waals surface area (Å²) in [6, 6.07) is 91.3. The van der Waals surface area contributed by atoms with Gasteiger partial charge in [0.1, 0.15) is 0 Å². The molecule has 0 saturated carbocycles. The van der Waals surface area contributed by atoms with Gasteiger partial charge in [-0.3, -0.25) is 0 Å². The Morgan fingerprint density at radius 2 is 0.613 bits per heavy atom. The minimum Gasteiger partial charge on any atom is -0.311 e. The summed E-state index contributed by atoms with van der Waals surface area (Å²) in [6.07, 6.45) is 0. The van der Waals surface area contributed by atoms with Crippen molar-refractivity contribution in [3.63, 3.8) is 0 Å². The first-order valence-corrected chi connectivity index (χ1v) is 21.5. The van der Waals surface area contributed by atoms with E-state index in [4.69, 9.17) is 0 Å². The summed E-state index contributed by atoms with van der Waals surface area (Å²) < 4.78 is 0. The minimum atomic E-state index is -0.427. The second-order valence-electron chi connectivity index (χ2n) is 16.4. The summed E-state index contributed by atoms with van der Waals surface area (Å²) in [7, 11) is 0. The number of hydrogen-bond acceptors (Lipinski definition) is 1. The van der Waals surface area contributed by atoms with Crippen LogP contribution < -0.4 is 4.90 Å². The van der Waals surface area contributed by atoms with Crippen molar-refractivity contribution in [1.82, 2.24) is 0 Å². The van der Waals surface area contributed by atoms with Crippen molar-refractivity contribution in [1.29, 1.82) is 0 Å². The smallest absolute Gasteiger partial charge is 0.0731 e. The van der Waals surface area contributed by atoms with E-state index in [0.717, 1.165) is 17.1 Å². The number of para-hydroxylation sites is 1. The number of rotatable bonds is 7. The average Bonchev–Trinajstić information content (AvgIpc) is 3.83. The first-order chi connectivity index (χ1) is 30.8. The van der Waals surface area contributed by atoms with E-state index < -0.39 is 5.41 Å². The fraction of sp³-hybridized carbons (Fsp3) is 0.0164. The number of benzene rings is 10. The van der Waals surface area contributed by atoms with E-state index >= 15 is 0 Å². The van der Waals surface area contributed by atoms with Crippen LogP contribution in [-0.4, -0.2) is 0 Å². The lowest BCUT2D eigenvalue weighted by atomic mass is 9.68. The highest BCUT2D eigenvalue weighted by molar-refractivity contribution is 5.99. The van der Waals surface area contributed by atoms with E-state index in [1.165, 1.54) is 89.0 Å². The van der Waals surface area contributed by atoms with E-state index in [2.05, 4.69) is 254 Å². The molecule has 62 heavy (non-hydrogen) atoms. The Balaban J connectivity index is 0.994. The summed E-state index contributed by atoms with van der Waals surface area (Å²) in [5.41, 5.74) is 23.3. The number of fused-ring (bicyclic) bond motifs is 10. The molecule has 290 valence electrons. The summed E-state index contributed by atoms with van der Waals surface area (Å²) in [5.74, 6) is 0. The van der Waals surface area contributed by atoms with Crippen molar-refractivity contribution in [2.75, 3.05) is 4.90 Å². The zero-order valence-corrected chi connectivity index (χ0v) is 34.1. The summed E-state index contributed by atoms with van der Waals surface area (Å²) >= 11 is 0. The van der Waals surface area contributed by atoms with Crippen LogP contribution in [0.3, 0.4) is 0 Å². The fourth-order valence-corrected chi connectivity index (χ4v) is 10.5. The van der Waals surface area contributed by atoms with E-state index in [9.17, 15) is 0 Å². The van der Waals surface area contributed by atoms with Crippen molar-refractivity contribution in [2.24, 2.45) is 0 Å². The predicted molar refractivity (Wildman–Crippen MR) is 259 cm³/mol. The number of anilines is 3. The summed E-state index contributed by atoms with van der Waals surface area (Å²) in [5, 5.41) is 0. The molecule has 2 aliphatic carbocycles. The van der Waals surface area contributed by atoms with Gasteiger partial charge in [0.15, 0.2) is 0 Å². The Kier molecular flexibility index (Phi) is 8.47. The fourth-order valence-electron chi connectivity index (χ4n) is 10.5. The van der Waals surface area contributed by atoms with Gasteiger partial charge in [-0.1, -0.05) is 206 Å². The van der Waals surface area contributed by atoms with Gasteiger partial charge in [0.25, 0.3) is 0 Å². The van der Waals surface area contributed by atoms with Gasteiger partial charge < -0.3 is 4.90 Å². The van der Waals surface area contributed by atoms with Crippen LogP contribution in [0, 0.1) is 0 Å². The highest BCUT2D eigenvalue weighted by Gasteiger charge is 2.52. The molecule has 0 N–H and O–H groups in total. The third-order valence-corrected chi connectivity index (χ3v) is 13.1. The van der Waals surface area contributed by atoms with Crippen molar-refractivity contribution in [2.45, 2.75) is 5.41 Å². The molecule has 0 bridgehead atoms. The second kappa shape index (κ2) is 14.6. The van der Waals surface area contributed by atoms with Crippen LogP contribution in [0.4, 0.5) is 17.1 Å². The van der Waals surface area contributed by atoms with Crippen molar-refractivity contribution < 1.29 is 0 Å². The van der Waals surface area contributed by atoms with Gasteiger partial charge in [-0.25, -0.2) is 0 Å². The Bertz CT molecular complexity index is 3190. The van der Waals surface area contributed by atoms with Crippen LogP contribution in [0.2, 0.25) is 0 Å². The molecule has 0 radical (unpaired) electrons. The maximum atomic E-state index is 2.43. The van der Waals surface area contributed by atoms with Crippen molar-refractivity contribution in [3.05, 3.63) is 271 Å². The monoisotopic (exact) mass is 787 g/mol. The molecule has 10 aromatic carbocycles. The van der Waals surface area contributed by atoms with Gasteiger partial charge in [0.05, 0.1) is 5.41 Å². The molecule has 2 aliphatic rings. The van der Waals surface area contributed by atoms with Crippen LogP contribution in [-0.2, 0) is 5.41 Å². The molecule has 1 nitrogen and oxygen atoms in total. The molecule has 0 unspecified atom stereocenters. The first kappa shape index (κ1) is 35.9. The maximum absolute atomic E-state index is 2.43. The molecular formula is C61H41N. The van der Waals surface area contributed by atoms with E-state index in [1.807, 2.05) is 0 Å². The molecule has 1 spiro atoms. The van der Waals surface area contributed by atoms with E-state index in [-0.39, 0.29) is 0 Å². The number of hydrogen-bond donors (Lipinski definition) is 0. The van der Waals surface area contributed by atoms with Crippen LogP contribution in [0.25, 0.3) is 66.8 Å². The van der Waals surface area contributed by atoms with Crippen molar-refractivity contribution in [3.8, 4) is 66.8 Å². The molecule has 0 aromatic heterocycles. The highest BCUT2D eigenvalue weighted by Crippen LogP contribution is 2.64. The summed E-state index contributed by atoms with van der Waals surface area (Å²) in [6.45, 7) is 0. The van der Waals surface area contributed by atoms with Crippen molar-refractivity contribution >= 4 is 17.1 Å². The lowest BCUT2D eigenvalue weighted by Gasteiger charge is -2.32. The highest BCUT2D eigenvalue weighted by atomic mass is 15.1.